The number of aliphatic carboxylic acids is 1. The molecule has 0 radical (unpaired) electrons. The predicted molar refractivity (Wildman–Crippen MR) is 104 cm³/mol. The van der Waals surface area contributed by atoms with Gasteiger partial charge in [-0.1, -0.05) is 82.9 Å². The number of aromatic hydroxyl groups is 1. The van der Waals surface area contributed by atoms with Crippen LogP contribution in [-0.4, -0.2) is 16.2 Å². The van der Waals surface area contributed by atoms with Gasteiger partial charge in [-0.25, -0.2) is 4.79 Å². The maximum absolute atomic E-state index is 10.8. The normalized spacial score (nSPS) is 12.5. The quantitative estimate of drug-likeness (QED) is 0.315. The molecule has 0 fully saturated rings. The Morgan fingerprint density at radius 2 is 1.68 bits per heavy atom. The van der Waals surface area contributed by atoms with Crippen LogP contribution in [0.2, 0.25) is 0 Å². The molecule has 0 aromatic heterocycles. The molecule has 0 amide bonds. The lowest BCUT2D eigenvalue weighted by Crippen LogP contribution is -2.03. The Morgan fingerprint density at radius 1 is 1.04 bits per heavy atom. The molecule has 0 spiro atoms. The summed E-state index contributed by atoms with van der Waals surface area (Å²) in [5, 5.41) is 18.5. The number of hydrogen-bond acceptors (Lipinski definition) is 2. The zero-order chi connectivity index (χ0) is 18.3. The summed E-state index contributed by atoms with van der Waals surface area (Å²) in [5.41, 5.74) is 1.05. The minimum atomic E-state index is -0.895. The van der Waals surface area contributed by atoms with E-state index in [9.17, 15) is 9.90 Å². The molecule has 25 heavy (non-hydrogen) atoms. The molecule has 1 rings (SSSR count). The summed E-state index contributed by atoms with van der Waals surface area (Å²) in [6.45, 7) is 2.24. The first-order valence-electron chi connectivity index (χ1n) is 9.81. The topological polar surface area (TPSA) is 57.5 Å². The number of allylic oxidation sites excluding steroid dienone is 1. The van der Waals surface area contributed by atoms with Crippen LogP contribution in [0.5, 0.6) is 5.75 Å². The van der Waals surface area contributed by atoms with E-state index in [-0.39, 0.29) is 11.7 Å². The van der Waals surface area contributed by atoms with Crippen molar-refractivity contribution in [2.24, 2.45) is 5.92 Å². The van der Waals surface area contributed by atoms with Gasteiger partial charge in [0.15, 0.2) is 0 Å². The van der Waals surface area contributed by atoms with Gasteiger partial charge in [-0.15, -0.1) is 0 Å². The van der Waals surface area contributed by atoms with Crippen LogP contribution in [0, 0.1) is 5.92 Å². The van der Waals surface area contributed by atoms with E-state index >= 15 is 0 Å². The molecule has 1 aromatic rings. The molecule has 0 saturated heterocycles. The van der Waals surface area contributed by atoms with Crippen LogP contribution in [0.15, 0.2) is 36.4 Å². The minimum Gasteiger partial charge on any atom is -0.508 e. The fourth-order valence-electron chi connectivity index (χ4n) is 3.19. The average Bonchev–Trinajstić information content (AvgIpc) is 2.58. The molecule has 0 saturated carbocycles. The summed E-state index contributed by atoms with van der Waals surface area (Å²) in [6, 6.07) is 7.24. The Hall–Kier alpha value is -1.77. The van der Waals surface area contributed by atoms with Gasteiger partial charge in [0.1, 0.15) is 5.75 Å². The van der Waals surface area contributed by atoms with Gasteiger partial charge in [-0.05, 0) is 36.5 Å². The molecule has 0 aliphatic rings. The predicted octanol–water partition coefficient (Wildman–Crippen LogP) is 6.11. The Kier molecular flexibility index (Phi) is 11.5. The third kappa shape index (κ3) is 11.4. The van der Waals surface area contributed by atoms with E-state index in [4.69, 9.17) is 5.11 Å². The molecule has 0 aliphatic carbocycles. The summed E-state index contributed by atoms with van der Waals surface area (Å²) in [5.74, 6) is -0.419. The average molecular weight is 347 g/mol. The smallest absolute Gasteiger partial charge is 0.327 e. The van der Waals surface area contributed by atoms with E-state index in [1.165, 1.54) is 57.4 Å². The first-order valence-corrected chi connectivity index (χ1v) is 9.81. The van der Waals surface area contributed by atoms with Crippen molar-refractivity contribution < 1.29 is 15.0 Å². The summed E-state index contributed by atoms with van der Waals surface area (Å²) in [7, 11) is 0. The molecule has 2 N–H and O–H groups in total. The highest BCUT2D eigenvalue weighted by atomic mass is 16.4. The molecule has 140 valence electrons. The molecule has 0 heterocycles. The van der Waals surface area contributed by atoms with Crippen molar-refractivity contribution in [2.45, 2.75) is 77.6 Å². The van der Waals surface area contributed by atoms with Crippen molar-refractivity contribution in [2.75, 3.05) is 0 Å². The zero-order valence-electron chi connectivity index (χ0n) is 15.6. The monoisotopic (exact) mass is 346 g/mol. The summed E-state index contributed by atoms with van der Waals surface area (Å²) in [4.78, 5) is 10.8. The Bertz CT molecular complexity index is 508. The first-order chi connectivity index (χ1) is 12.1. The largest absolute Gasteiger partial charge is 0.508 e. The second kappa shape index (κ2) is 13.5. The van der Waals surface area contributed by atoms with E-state index < -0.39 is 5.97 Å². The maximum Gasteiger partial charge on any atom is 0.327 e. The second-order valence-electron chi connectivity index (χ2n) is 6.95. The highest BCUT2D eigenvalue weighted by Crippen LogP contribution is 2.21. The number of hydrogen-bond donors (Lipinski definition) is 2. The van der Waals surface area contributed by atoms with Crippen LogP contribution in [0.1, 0.15) is 76.7 Å². The minimum absolute atomic E-state index is 0.211. The number of rotatable bonds is 14. The Morgan fingerprint density at radius 3 is 2.28 bits per heavy atom. The number of phenolic OH excluding ortho intramolecular Hbond substituents is 1. The van der Waals surface area contributed by atoms with Gasteiger partial charge in [0.05, 0.1) is 0 Å². The Labute approximate surface area is 152 Å². The fraction of sp³-hybridized carbons (Fsp3) is 0.591. The summed E-state index contributed by atoms with van der Waals surface area (Å²) < 4.78 is 0. The van der Waals surface area contributed by atoms with Gasteiger partial charge in [0.25, 0.3) is 0 Å². The molecule has 1 unspecified atom stereocenters. The Balaban J connectivity index is 2.30. The number of phenols is 1. The lowest BCUT2D eigenvalue weighted by Gasteiger charge is -2.13. The molecule has 3 heteroatoms. The van der Waals surface area contributed by atoms with Crippen molar-refractivity contribution in [3.8, 4) is 5.75 Å². The first kappa shape index (κ1) is 21.3. The van der Waals surface area contributed by atoms with Crippen molar-refractivity contribution in [1.29, 1.82) is 0 Å². The van der Waals surface area contributed by atoms with E-state index in [2.05, 4.69) is 6.92 Å². The van der Waals surface area contributed by atoms with E-state index in [0.29, 0.717) is 0 Å². The molecule has 1 aromatic carbocycles. The highest BCUT2D eigenvalue weighted by Gasteiger charge is 2.08. The van der Waals surface area contributed by atoms with Crippen molar-refractivity contribution in [3.63, 3.8) is 0 Å². The van der Waals surface area contributed by atoms with E-state index in [1.54, 1.807) is 18.2 Å². The van der Waals surface area contributed by atoms with Gasteiger partial charge < -0.3 is 10.2 Å². The second-order valence-corrected chi connectivity index (χ2v) is 6.95. The zero-order valence-corrected chi connectivity index (χ0v) is 15.6. The third-order valence-corrected chi connectivity index (χ3v) is 4.60. The van der Waals surface area contributed by atoms with Crippen LogP contribution in [0.3, 0.4) is 0 Å². The van der Waals surface area contributed by atoms with Crippen molar-refractivity contribution in [3.05, 3.63) is 42.0 Å². The van der Waals surface area contributed by atoms with Gasteiger partial charge in [-0.2, -0.15) is 0 Å². The molecule has 3 nitrogen and oxygen atoms in total. The number of carbonyl (C=O) groups is 1. The van der Waals surface area contributed by atoms with Crippen LogP contribution in [0.4, 0.5) is 0 Å². The van der Waals surface area contributed by atoms with E-state index in [1.807, 2.05) is 12.1 Å². The third-order valence-electron chi connectivity index (χ3n) is 4.60. The molecule has 0 bridgehead atoms. The van der Waals surface area contributed by atoms with Gasteiger partial charge in [-0.3, -0.25) is 0 Å². The summed E-state index contributed by atoms with van der Waals surface area (Å²) >= 11 is 0. The lowest BCUT2D eigenvalue weighted by atomic mass is 9.92. The van der Waals surface area contributed by atoms with Gasteiger partial charge in [0, 0.05) is 6.08 Å². The number of carboxylic acids is 1. The number of unbranched alkanes of at least 4 members (excludes halogenated alkanes) is 8. The SMILES string of the molecule is CCCCCCCCCCCC(C=CC(=O)O)Cc1cccc(O)c1. The fourth-order valence-corrected chi connectivity index (χ4v) is 3.19. The van der Waals surface area contributed by atoms with Crippen LogP contribution < -0.4 is 0 Å². The number of benzene rings is 1. The van der Waals surface area contributed by atoms with Crippen LogP contribution >= 0.6 is 0 Å². The lowest BCUT2D eigenvalue weighted by molar-refractivity contribution is -0.131. The molecule has 0 aliphatic heterocycles. The molecular formula is C22H34O3. The van der Waals surface area contributed by atoms with Crippen LogP contribution in [0.25, 0.3) is 0 Å². The molecular weight excluding hydrogens is 312 g/mol. The van der Waals surface area contributed by atoms with Gasteiger partial charge in [0.2, 0.25) is 0 Å². The van der Waals surface area contributed by atoms with Crippen LogP contribution in [-0.2, 0) is 11.2 Å². The van der Waals surface area contributed by atoms with Crippen molar-refractivity contribution in [1.82, 2.24) is 0 Å². The van der Waals surface area contributed by atoms with E-state index in [0.717, 1.165) is 24.8 Å². The number of carboxylic acid groups (broad SMARTS) is 1. The van der Waals surface area contributed by atoms with Crippen molar-refractivity contribution >= 4 is 5.97 Å². The maximum atomic E-state index is 10.8. The van der Waals surface area contributed by atoms with Gasteiger partial charge >= 0.3 is 5.97 Å². The molecule has 1 atom stereocenters. The highest BCUT2D eigenvalue weighted by molar-refractivity contribution is 5.79. The standard InChI is InChI=1S/C22H34O3/c1-2-3-4-5-6-7-8-9-10-12-19(15-16-22(24)25)17-20-13-11-14-21(23)18-20/h11,13-16,18-19,23H,2-10,12,17H2,1H3,(H,24,25). The summed E-state index contributed by atoms with van der Waals surface area (Å²) in [6.07, 6.45) is 16.5.